The molecule has 12 heavy (non-hydrogen) atoms. The third-order valence-corrected chi connectivity index (χ3v) is 1.86. The Bertz CT molecular complexity index is 251. The number of carbonyl (C=O) groups is 1. The second-order valence-electron chi connectivity index (χ2n) is 2.68. The number of rotatable bonds is 3. The van der Waals surface area contributed by atoms with E-state index in [-0.39, 0.29) is 0 Å². The molecule has 1 rings (SSSR count). The van der Waals surface area contributed by atoms with Crippen molar-refractivity contribution in [2.24, 2.45) is 0 Å². The molecule has 64 valence electrons. The molecule has 0 spiro atoms. The van der Waals surface area contributed by atoms with E-state index in [9.17, 15) is 4.79 Å². The van der Waals surface area contributed by atoms with Gasteiger partial charge in [-0.15, -0.1) is 0 Å². The summed E-state index contributed by atoms with van der Waals surface area (Å²) in [6.45, 7) is 2.06. The average Bonchev–Trinajstić information content (AvgIpc) is 2.17. The lowest BCUT2D eigenvalue weighted by molar-refractivity contribution is -0.115. The van der Waals surface area contributed by atoms with Gasteiger partial charge >= 0.3 is 0 Å². The molecule has 0 heterocycles. The second kappa shape index (κ2) is 4.02. The van der Waals surface area contributed by atoms with Crippen LogP contribution in [0.15, 0.2) is 24.3 Å². The Labute approximate surface area is 71.8 Å². The topological polar surface area (TPSA) is 37.3 Å². The van der Waals surface area contributed by atoms with Gasteiger partial charge in [-0.25, -0.2) is 0 Å². The summed E-state index contributed by atoms with van der Waals surface area (Å²) < 4.78 is 0. The Morgan fingerprint density at radius 2 is 2.00 bits per heavy atom. The van der Waals surface area contributed by atoms with E-state index in [0.717, 1.165) is 6.42 Å². The van der Waals surface area contributed by atoms with Gasteiger partial charge in [-0.05, 0) is 17.5 Å². The van der Waals surface area contributed by atoms with E-state index >= 15 is 0 Å². The van der Waals surface area contributed by atoms with Crippen molar-refractivity contribution in [3.05, 3.63) is 35.4 Å². The van der Waals surface area contributed by atoms with Crippen LogP contribution < -0.4 is 0 Å². The lowest BCUT2D eigenvalue weighted by Gasteiger charge is -2.03. The highest BCUT2D eigenvalue weighted by atomic mass is 16.3. The predicted octanol–water partition coefficient (Wildman–Crippen LogP) is 1.48. The summed E-state index contributed by atoms with van der Waals surface area (Å²) in [6, 6.07) is 7.39. The SMILES string of the molecule is CCc1ccc(C(O)C=O)cc1. The van der Waals surface area contributed by atoms with Crippen molar-refractivity contribution < 1.29 is 9.90 Å². The van der Waals surface area contributed by atoms with E-state index in [1.807, 2.05) is 12.1 Å². The van der Waals surface area contributed by atoms with Gasteiger partial charge in [0.05, 0.1) is 0 Å². The molecule has 0 saturated carbocycles. The smallest absolute Gasteiger partial charge is 0.153 e. The van der Waals surface area contributed by atoms with Crippen molar-refractivity contribution in [3.63, 3.8) is 0 Å². The molecule has 2 nitrogen and oxygen atoms in total. The third kappa shape index (κ3) is 1.92. The van der Waals surface area contributed by atoms with Crippen LogP contribution in [0.4, 0.5) is 0 Å². The van der Waals surface area contributed by atoms with Crippen molar-refractivity contribution in [1.29, 1.82) is 0 Å². The molecule has 1 aromatic rings. The zero-order chi connectivity index (χ0) is 8.97. The normalized spacial score (nSPS) is 12.5. The number of aliphatic hydroxyl groups excluding tert-OH is 1. The van der Waals surface area contributed by atoms with Crippen molar-refractivity contribution >= 4 is 6.29 Å². The van der Waals surface area contributed by atoms with Gasteiger partial charge in [0.15, 0.2) is 6.29 Å². The number of carbonyl (C=O) groups excluding carboxylic acids is 1. The fourth-order valence-electron chi connectivity index (χ4n) is 1.03. The fourth-order valence-corrected chi connectivity index (χ4v) is 1.03. The summed E-state index contributed by atoms with van der Waals surface area (Å²) in [6.07, 6.45) is 0.522. The minimum atomic E-state index is -0.976. The second-order valence-corrected chi connectivity index (χ2v) is 2.68. The highest BCUT2D eigenvalue weighted by molar-refractivity contribution is 5.59. The van der Waals surface area contributed by atoms with Gasteiger partial charge < -0.3 is 9.90 Å². The third-order valence-electron chi connectivity index (χ3n) is 1.86. The van der Waals surface area contributed by atoms with Gasteiger partial charge in [0.2, 0.25) is 0 Å². The first-order valence-corrected chi connectivity index (χ1v) is 4.00. The lowest BCUT2D eigenvalue weighted by Crippen LogP contribution is -1.97. The molecule has 2 heteroatoms. The molecule has 1 aromatic carbocycles. The van der Waals surface area contributed by atoms with Gasteiger partial charge in [0.25, 0.3) is 0 Å². The molecule has 0 saturated heterocycles. The molecule has 0 aliphatic carbocycles. The van der Waals surface area contributed by atoms with E-state index in [2.05, 4.69) is 6.92 Å². The van der Waals surface area contributed by atoms with Gasteiger partial charge in [-0.1, -0.05) is 31.2 Å². The molecular weight excluding hydrogens is 152 g/mol. The van der Waals surface area contributed by atoms with E-state index in [0.29, 0.717) is 11.8 Å². The molecule has 1 N–H and O–H groups in total. The van der Waals surface area contributed by atoms with Crippen LogP contribution in [0.3, 0.4) is 0 Å². The Hall–Kier alpha value is -1.15. The van der Waals surface area contributed by atoms with Crippen molar-refractivity contribution in [3.8, 4) is 0 Å². The quantitative estimate of drug-likeness (QED) is 0.687. The van der Waals surface area contributed by atoms with Crippen LogP contribution in [-0.4, -0.2) is 11.4 Å². The standard InChI is InChI=1S/C10H12O2/c1-2-8-3-5-9(6-4-8)10(12)7-11/h3-7,10,12H,2H2,1H3. The molecule has 0 radical (unpaired) electrons. The number of aldehydes is 1. The van der Waals surface area contributed by atoms with Crippen molar-refractivity contribution in [2.45, 2.75) is 19.4 Å². The van der Waals surface area contributed by atoms with Crippen molar-refractivity contribution in [1.82, 2.24) is 0 Å². The molecule has 1 unspecified atom stereocenters. The van der Waals surface area contributed by atoms with Crippen LogP contribution in [0.25, 0.3) is 0 Å². The minimum absolute atomic E-state index is 0.529. The van der Waals surface area contributed by atoms with Gasteiger partial charge in [-0.2, -0.15) is 0 Å². The van der Waals surface area contributed by atoms with Crippen molar-refractivity contribution in [2.75, 3.05) is 0 Å². The van der Waals surface area contributed by atoms with Crippen LogP contribution in [0.5, 0.6) is 0 Å². The lowest BCUT2D eigenvalue weighted by atomic mass is 10.1. The Kier molecular flexibility index (Phi) is 3.00. The first-order chi connectivity index (χ1) is 5.77. The molecule has 0 fully saturated rings. The molecule has 0 aliphatic heterocycles. The van der Waals surface area contributed by atoms with Crippen LogP contribution in [0.2, 0.25) is 0 Å². The fraction of sp³-hybridized carbons (Fsp3) is 0.300. The molecule has 0 bridgehead atoms. The first kappa shape index (κ1) is 8.94. The van der Waals surface area contributed by atoms with Gasteiger partial charge in [0.1, 0.15) is 6.10 Å². The molecular formula is C10H12O2. The summed E-state index contributed by atoms with van der Waals surface area (Å²) in [4.78, 5) is 10.2. The van der Waals surface area contributed by atoms with E-state index in [1.54, 1.807) is 12.1 Å². The molecule has 0 aliphatic rings. The Balaban J connectivity index is 2.84. The average molecular weight is 164 g/mol. The molecule has 0 aromatic heterocycles. The Morgan fingerprint density at radius 1 is 1.42 bits per heavy atom. The number of benzene rings is 1. The highest BCUT2D eigenvalue weighted by Gasteiger charge is 2.03. The molecule has 0 amide bonds. The monoisotopic (exact) mass is 164 g/mol. The summed E-state index contributed by atoms with van der Waals surface area (Å²) in [5, 5.41) is 9.12. The summed E-state index contributed by atoms with van der Waals surface area (Å²) in [5.74, 6) is 0. The van der Waals surface area contributed by atoms with Crippen LogP contribution in [0.1, 0.15) is 24.2 Å². The van der Waals surface area contributed by atoms with E-state index in [1.165, 1.54) is 5.56 Å². The highest BCUT2D eigenvalue weighted by Crippen LogP contribution is 2.11. The summed E-state index contributed by atoms with van der Waals surface area (Å²) in [5.41, 5.74) is 1.86. The number of aryl methyl sites for hydroxylation is 1. The predicted molar refractivity (Wildman–Crippen MR) is 46.8 cm³/mol. The maximum atomic E-state index is 10.2. The maximum absolute atomic E-state index is 10.2. The Morgan fingerprint density at radius 3 is 2.42 bits per heavy atom. The first-order valence-electron chi connectivity index (χ1n) is 4.00. The molecule has 1 atom stereocenters. The minimum Gasteiger partial charge on any atom is -0.381 e. The number of hydrogen-bond donors (Lipinski definition) is 1. The van der Waals surface area contributed by atoms with Gasteiger partial charge in [0, 0.05) is 0 Å². The summed E-state index contributed by atoms with van der Waals surface area (Å²) in [7, 11) is 0. The van der Waals surface area contributed by atoms with Crippen LogP contribution >= 0.6 is 0 Å². The van der Waals surface area contributed by atoms with Crippen LogP contribution in [-0.2, 0) is 11.2 Å². The summed E-state index contributed by atoms with van der Waals surface area (Å²) >= 11 is 0. The van der Waals surface area contributed by atoms with E-state index in [4.69, 9.17) is 5.11 Å². The van der Waals surface area contributed by atoms with E-state index < -0.39 is 6.10 Å². The van der Waals surface area contributed by atoms with Crippen LogP contribution in [0, 0.1) is 0 Å². The zero-order valence-corrected chi connectivity index (χ0v) is 7.03. The number of aliphatic hydroxyl groups is 1. The largest absolute Gasteiger partial charge is 0.381 e. The number of hydrogen-bond acceptors (Lipinski definition) is 2. The maximum Gasteiger partial charge on any atom is 0.153 e. The van der Waals surface area contributed by atoms with Gasteiger partial charge in [-0.3, -0.25) is 0 Å². The zero-order valence-electron chi connectivity index (χ0n) is 7.03.